The minimum absolute atomic E-state index is 0.343. The molecular formula is C30H41N3O5. The zero-order chi connectivity index (χ0) is 27.9. The van der Waals surface area contributed by atoms with E-state index in [1.165, 1.54) is 0 Å². The molecule has 206 valence electrons. The topological polar surface area (TPSA) is 114 Å². The summed E-state index contributed by atoms with van der Waals surface area (Å²) in [4.78, 5) is 24.5. The summed E-state index contributed by atoms with van der Waals surface area (Å²) in [5.74, 6) is -0.279. The Morgan fingerprint density at radius 3 is 2.32 bits per heavy atom. The number of carbonyl (C=O) groups excluding carboxylic acids is 1. The fraction of sp³-hybridized carbons (Fsp3) is 0.400. The van der Waals surface area contributed by atoms with Crippen LogP contribution in [0.5, 0.6) is 5.75 Å². The number of amides is 1. The lowest BCUT2D eigenvalue weighted by atomic mass is 10.0. The first kappa shape index (κ1) is 30.4. The number of benzene rings is 3. The number of carbonyl (C=O) groups is 2. The lowest BCUT2D eigenvalue weighted by molar-refractivity contribution is -0.138. The van der Waals surface area contributed by atoms with Gasteiger partial charge < -0.3 is 25.2 Å². The number of fused-ring (bicyclic) bond motifs is 1. The first-order valence-corrected chi connectivity index (χ1v) is 13.2. The van der Waals surface area contributed by atoms with Crippen molar-refractivity contribution in [3.05, 3.63) is 66.2 Å². The van der Waals surface area contributed by atoms with Gasteiger partial charge in [0.25, 0.3) is 0 Å². The van der Waals surface area contributed by atoms with Crippen molar-refractivity contribution in [1.82, 2.24) is 0 Å². The van der Waals surface area contributed by atoms with Gasteiger partial charge in [-0.1, -0.05) is 55.8 Å². The van der Waals surface area contributed by atoms with Crippen molar-refractivity contribution in [3.8, 4) is 5.75 Å². The highest BCUT2D eigenvalue weighted by atomic mass is 16.5. The van der Waals surface area contributed by atoms with Gasteiger partial charge in [0.1, 0.15) is 11.8 Å². The van der Waals surface area contributed by atoms with Gasteiger partial charge in [-0.3, -0.25) is 10.1 Å². The standard InChI is InChI=1S/C17H28N2O3.C13H13NO2/c1-5-9-12-22-16-13-14(19(6-2)7-3)10-11-15(16)18-17(20)21-8-4;14-12(13(15)16)8-9-5-6-10-3-1-2-4-11(10)7-9/h10-11,13H,5-9,12H2,1-4H3,(H,18,20);1-7,12H,8,14H2,(H,15,16). The van der Waals surface area contributed by atoms with Gasteiger partial charge in [-0.25, -0.2) is 4.79 Å². The maximum Gasteiger partial charge on any atom is 0.411 e. The molecule has 0 spiro atoms. The molecule has 0 aliphatic heterocycles. The molecule has 4 N–H and O–H groups in total. The summed E-state index contributed by atoms with van der Waals surface area (Å²) in [5.41, 5.74) is 8.18. The van der Waals surface area contributed by atoms with E-state index in [0.717, 1.165) is 48.0 Å². The number of nitrogens with one attached hydrogen (secondary N) is 1. The molecule has 1 amide bonds. The monoisotopic (exact) mass is 523 g/mol. The molecule has 0 bridgehead atoms. The number of carboxylic acids is 1. The lowest BCUT2D eigenvalue weighted by Gasteiger charge is -2.23. The predicted molar refractivity (Wildman–Crippen MR) is 154 cm³/mol. The second-order valence-electron chi connectivity index (χ2n) is 8.73. The fourth-order valence-corrected chi connectivity index (χ4v) is 3.83. The van der Waals surface area contributed by atoms with E-state index in [2.05, 4.69) is 31.0 Å². The van der Waals surface area contributed by atoms with Gasteiger partial charge in [0.15, 0.2) is 0 Å². The van der Waals surface area contributed by atoms with E-state index in [0.29, 0.717) is 31.1 Å². The van der Waals surface area contributed by atoms with Gasteiger partial charge >= 0.3 is 12.1 Å². The van der Waals surface area contributed by atoms with E-state index in [1.54, 1.807) is 6.92 Å². The van der Waals surface area contributed by atoms with Gasteiger partial charge in [0.05, 0.1) is 18.9 Å². The number of unbranched alkanes of at least 4 members (excludes halogenated alkanes) is 1. The Morgan fingerprint density at radius 1 is 0.974 bits per heavy atom. The van der Waals surface area contributed by atoms with Gasteiger partial charge in [-0.2, -0.15) is 0 Å². The van der Waals surface area contributed by atoms with Crippen LogP contribution in [0.25, 0.3) is 10.8 Å². The van der Waals surface area contributed by atoms with Crippen molar-refractivity contribution < 1.29 is 24.2 Å². The Labute approximate surface area is 225 Å². The van der Waals surface area contributed by atoms with Crippen LogP contribution in [-0.2, 0) is 16.0 Å². The van der Waals surface area contributed by atoms with Gasteiger partial charge in [-0.05, 0) is 62.1 Å². The van der Waals surface area contributed by atoms with E-state index in [-0.39, 0.29) is 0 Å². The van der Waals surface area contributed by atoms with Crippen molar-refractivity contribution in [2.75, 3.05) is 36.5 Å². The van der Waals surface area contributed by atoms with E-state index in [1.807, 2.05) is 60.7 Å². The van der Waals surface area contributed by atoms with Crippen molar-refractivity contribution >= 4 is 34.2 Å². The number of anilines is 2. The van der Waals surface area contributed by atoms with Crippen LogP contribution in [0.4, 0.5) is 16.2 Å². The maximum absolute atomic E-state index is 11.6. The number of aliphatic carboxylic acids is 1. The van der Waals surface area contributed by atoms with Crippen LogP contribution < -0.4 is 20.7 Å². The summed E-state index contributed by atoms with van der Waals surface area (Å²) in [6.07, 6.45) is 1.95. The molecule has 0 aromatic heterocycles. The third-order valence-electron chi connectivity index (χ3n) is 5.95. The molecule has 0 radical (unpaired) electrons. The van der Waals surface area contributed by atoms with Crippen molar-refractivity contribution in [3.63, 3.8) is 0 Å². The molecule has 0 fully saturated rings. The molecule has 0 heterocycles. The minimum Gasteiger partial charge on any atom is -0.491 e. The van der Waals surface area contributed by atoms with Crippen LogP contribution in [0.1, 0.15) is 46.1 Å². The number of nitrogens with zero attached hydrogens (tertiary/aromatic N) is 1. The van der Waals surface area contributed by atoms with Gasteiger partial charge in [0.2, 0.25) is 0 Å². The van der Waals surface area contributed by atoms with Crippen LogP contribution in [0.15, 0.2) is 60.7 Å². The molecule has 0 saturated carbocycles. The summed E-state index contributed by atoms with van der Waals surface area (Å²) in [7, 11) is 0. The Kier molecular flexibility index (Phi) is 12.9. The van der Waals surface area contributed by atoms with Crippen LogP contribution in [0.3, 0.4) is 0 Å². The third kappa shape index (κ3) is 9.59. The number of hydrogen-bond acceptors (Lipinski definition) is 6. The quantitative estimate of drug-likeness (QED) is 0.247. The number of nitrogens with two attached hydrogens (primary N) is 1. The molecule has 1 atom stereocenters. The van der Waals surface area contributed by atoms with Crippen molar-refractivity contribution in [1.29, 1.82) is 0 Å². The summed E-state index contributed by atoms with van der Waals surface area (Å²) in [6.45, 7) is 11.0. The highest BCUT2D eigenvalue weighted by Crippen LogP contribution is 2.30. The normalized spacial score (nSPS) is 11.2. The van der Waals surface area contributed by atoms with Crippen LogP contribution in [0.2, 0.25) is 0 Å². The molecule has 3 aromatic carbocycles. The molecule has 1 unspecified atom stereocenters. The second kappa shape index (κ2) is 16.1. The van der Waals surface area contributed by atoms with E-state index >= 15 is 0 Å². The number of rotatable bonds is 12. The average molecular weight is 524 g/mol. The predicted octanol–water partition coefficient (Wildman–Crippen LogP) is 6.07. The SMILES string of the molecule is CCCCOc1cc(N(CC)CC)ccc1NC(=O)OCC.NC(Cc1ccc2ccccc2c1)C(=O)O. The molecule has 8 heteroatoms. The highest BCUT2D eigenvalue weighted by molar-refractivity contribution is 5.87. The number of carboxylic acid groups (broad SMARTS) is 1. The van der Waals surface area contributed by atoms with Crippen LogP contribution in [-0.4, -0.2) is 49.5 Å². The minimum atomic E-state index is -0.965. The highest BCUT2D eigenvalue weighted by Gasteiger charge is 2.13. The molecule has 3 aromatic rings. The lowest BCUT2D eigenvalue weighted by Crippen LogP contribution is -2.32. The second-order valence-corrected chi connectivity index (χ2v) is 8.73. The van der Waals surface area contributed by atoms with E-state index in [4.69, 9.17) is 20.3 Å². The first-order chi connectivity index (χ1) is 18.3. The molecule has 3 rings (SSSR count). The molecule has 0 aliphatic rings. The maximum atomic E-state index is 11.6. The Bertz CT molecular complexity index is 1160. The van der Waals surface area contributed by atoms with Gasteiger partial charge in [0, 0.05) is 24.8 Å². The average Bonchev–Trinajstić information content (AvgIpc) is 2.91. The number of ether oxygens (including phenoxy) is 2. The van der Waals surface area contributed by atoms with E-state index < -0.39 is 18.1 Å². The molecule has 38 heavy (non-hydrogen) atoms. The summed E-state index contributed by atoms with van der Waals surface area (Å²) in [6, 6.07) is 18.9. The fourth-order valence-electron chi connectivity index (χ4n) is 3.83. The Balaban J connectivity index is 0.000000279. The van der Waals surface area contributed by atoms with Crippen LogP contribution in [0, 0.1) is 0 Å². The van der Waals surface area contributed by atoms with E-state index in [9.17, 15) is 9.59 Å². The molecule has 0 aliphatic carbocycles. The summed E-state index contributed by atoms with van der Waals surface area (Å²) >= 11 is 0. The van der Waals surface area contributed by atoms with Crippen LogP contribution >= 0.6 is 0 Å². The zero-order valence-electron chi connectivity index (χ0n) is 22.9. The number of hydrogen-bond donors (Lipinski definition) is 3. The largest absolute Gasteiger partial charge is 0.491 e. The van der Waals surface area contributed by atoms with Crippen molar-refractivity contribution in [2.45, 2.75) is 53.0 Å². The molecular weight excluding hydrogens is 482 g/mol. The smallest absolute Gasteiger partial charge is 0.411 e. The summed E-state index contributed by atoms with van der Waals surface area (Å²) in [5, 5.41) is 13.7. The first-order valence-electron chi connectivity index (χ1n) is 13.2. The van der Waals surface area contributed by atoms with Crippen molar-refractivity contribution in [2.24, 2.45) is 5.73 Å². The molecule has 8 nitrogen and oxygen atoms in total. The summed E-state index contributed by atoms with van der Waals surface area (Å²) < 4.78 is 10.8. The Morgan fingerprint density at radius 2 is 1.68 bits per heavy atom. The molecule has 0 saturated heterocycles. The Hall–Kier alpha value is -3.78. The third-order valence-corrected chi connectivity index (χ3v) is 5.95. The van der Waals surface area contributed by atoms with Gasteiger partial charge in [-0.15, -0.1) is 0 Å². The zero-order valence-corrected chi connectivity index (χ0v) is 22.9.